The molecule has 4 nitrogen and oxygen atoms in total. The minimum absolute atomic E-state index is 0.0991. The van der Waals surface area contributed by atoms with Gasteiger partial charge in [0.25, 0.3) is 0 Å². The molecule has 0 fully saturated rings. The van der Waals surface area contributed by atoms with Crippen LogP contribution in [0.15, 0.2) is 34.3 Å². The Labute approximate surface area is 149 Å². The van der Waals surface area contributed by atoms with Crippen LogP contribution in [0.5, 0.6) is 0 Å². The van der Waals surface area contributed by atoms with Crippen LogP contribution in [0.25, 0.3) is 0 Å². The van der Waals surface area contributed by atoms with Crippen molar-refractivity contribution >= 4 is 46.7 Å². The number of nitrogens with zero attached hydrogens (tertiary/aromatic N) is 2. The van der Waals surface area contributed by atoms with Crippen LogP contribution in [0.2, 0.25) is 5.02 Å². The normalized spacial score (nSPS) is 10.6. The summed E-state index contributed by atoms with van der Waals surface area (Å²) >= 11 is 9.01. The van der Waals surface area contributed by atoms with Gasteiger partial charge in [0.05, 0.1) is 11.4 Å². The van der Waals surface area contributed by atoms with Crippen molar-refractivity contribution in [2.75, 3.05) is 16.8 Å². The Bertz CT molecular complexity index is 689. The minimum Gasteiger partial charge on any atom is -0.324 e. The van der Waals surface area contributed by atoms with Crippen LogP contribution < -0.4 is 5.32 Å². The van der Waals surface area contributed by atoms with Gasteiger partial charge in [0.2, 0.25) is 5.91 Å². The highest BCUT2D eigenvalue weighted by Gasteiger charge is 2.10. The largest absolute Gasteiger partial charge is 0.324 e. The quantitative estimate of drug-likeness (QED) is 0.597. The van der Waals surface area contributed by atoms with Crippen LogP contribution in [0.4, 0.5) is 5.69 Å². The number of carbonyl (C=O) groups excluding carboxylic acids is 1. The van der Waals surface area contributed by atoms with Crippen molar-refractivity contribution in [3.8, 4) is 0 Å². The van der Waals surface area contributed by atoms with Crippen LogP contribution in [-0.2, 0) is 4.79 Å². The van der Waals surface area contributed by atoms with E-state index in [4.69, 9.17) is 11.6 Å². The van der Waals surface area contributed by atoms with Gasteiger partial charge in [0.1, 0.15) is 0 Å². The molecule has 1 N–H and O–H groups in total. The second-order valence-electron chi connectivity index (χ2n) is 4.84. The fourth-order valence-electron chi connectivity index (χ4n) is 1.96. The number of hydrogen-bond acceptors (Lipinski definition) is 5. The van der Waals surface area contributed by atoms with Crippen molar-refractivity contribution in [1.29, 1.82) is 0 Å². The van der Waals surface area contributed by atoms with Gasteiger partial charge in [-0.15, -0.1) is 11.8 Å². The Morgan fingerprint density at radius 2 is 1.87 bits per heavy atom. The molecule has 0 atom stereocenters. The van der Waals surface area contributed by atoms with E-state index < -0.39 is 0 Å². The maximum Gasteiger partial charge on any atom is 0.234 e. The van der Waals surface area contributed by atoms with E-state index in [0.717, 1.165) is 27.7 Å². The third-order valence-electron chi connectivity index (χ3n) is 2.81. The average Bonchev–Trinajstić information content (AvgIpc) is 2.47. The Kier molecular flexibility index (Phi) is 6.74. The van der Waals surface area contributed by atoms with Gasteiger partial charge in [0, 0.05) is 21.3 Å². The van der Waals surface area contributed by atoms with Crippen LogP contribution in [-0.4, -0.2) is 27.4 Å². The number of amides is 1. The van der Waals surface area contributed by atoms with Crippen molar-refractivity contribution < 1.29 is 4.79 Å². The van der Waals surface area contributed by atoms with E-state index in [9.17, 15) is 4.79 Å². The van der Waals surface area contributed by atoms with Gasteiger partial charge in [0.15, 0.2) is 5.16 Å². The molecule has 1 heterocycles. The highest BCUT2D eigenvalue weighted by Crippen LogP contribution is 2.30. The molecular formula is C16H18ClN3OS2. The summed E-state index contributed by atoms with van der Waals surface area (Å²) in [5.74, 6) is 1.08. The number of carbonyl (C=O) groups is 1. The van der Waals surface area contributed by atoms with E-state index >= 15 is 0 Å². The zero-order valence-electron chi connectivity index (χ0n) is 13.2. The number of nitrogens with one attached hydrogen (secondary N) is 1. The van der Waals surface area contributed by atoms with Gasteiger partial charge in [-0.05, 0) is 43.9 Å². The molecule has 1 aromatic carbocycles. The highest BCUT2D eigenvalue weighted by atomic mass is 35.5. The molecular weight excluding hydrogens is 350 g/mol. The number of aryl methyl sites for hydroxylation is 2. The topological polar surface area (TPSA) is 54.9 Å². The molecule has 7 heteroatoms. The molecule has 1 amide bonds. The van der Waals surface area contributed by atoms with Crippen molar-refractivity contribution in [1.82, 2.24) is 9.97 Å². The molecule has 0 bridgehead atoms. The zero-order chi connectivity index (χ0) is 16.8. The predicted octanol–water partition coefficient (Wildman–Crippen LogP) is 4.59. The third-order valence-corrected chi connectivity index (χ3v) is 4.85. The summed E-state index contributed by atoms with van der Waals surface area (Å²) in [6.45, 7) is 5.90. The molecule has 0 aliphatic heterocycles. The van der Waals surface area contributed by atoms with E-state index in [1.54, 1.807) is 17.8 Å². The summed E-state index contributed by atoms with van der Waals surface area (Å²) < 4.78 is 0. The summed E-state index contributed by atoms with van der Waals surface area (Å²) in [6.07, 6.45) is 0. The molecule has 122 valence electrons. The molecule has 2 aromatic rings. The van der Waals surface area contributed by atoms with E-state index in [2.05, 4.69) is 22.2 Å². The molecule has 0 radical (unpaired) electrons. The lowest BCUT2D eigenvalue weighted by Crippen LogP contribution is -2.15. The van der Waals surface area contributed by atoms with Crippen molar-refractivity contribution in [2.24, 2.45) is 0 Å². The number of rotatable bonds is 6. The molecule has 0 aliphatic carbocycles. The Balaban J connectivity index is 2.00. The van der Waals surface area contributed by atoms with Gasteiger partial charge in [-0.1, -0.05) is 30.3 Å². The SMILES string of the molecule is CCSc1ccc(Cl)cc1NC(=O)CSc1nc(C)cc(C)n1. The first-order valence-corrected chi connectivity index (χ1v) is 9.50. The summed E-state index contributed by atoms with van der Waals surface area (Å²) in [5.41, 5.74) is 2.55. The number of hydrogen-bond donors (Lipinski definition) is 1. The molecule has 0 aliphatic rings. The number of aromatic nitrogens is 2. The lowest BCUT2D eigenvalue weighted by molar-refractivity contribution is -0.113. The maximum absolute atomic E-state index is 12.2. The van der Waals surface area contributed by atoms with Crippen LogP contribution >= 0.6 is 35.1 Å². The molecule has 0 unspecified atom stereocenters. The van der Waals surface area contributed by atoms with Crippen molar-refractivity contribution in [3.05, 3.63) is 40.7 Å². The fourth-order valence-corrected chi connectivity index (χ4v) is 3.62. The lowest BCUT2D eigenvalue weighted by Gasteiger charge is -2.10. The second-order valence-corrected chi connectivity index (χ2v) is 7.53. The first kappa shape index (κ1) is 18.1. The van der Waals surface area contributed by atoms with Gasteiger partial charge in [-0.2, -0.15) is 0 Å². The minimum atomic E-state index is -0.0991. The van der Waals surface area contributed by atoms with Crippen LogP contribution in [0, 0.1) is 13.8 Å². The van der Waals surface area contributed by atoms with Gasteiger partial charge in [-0.25, -0.2) is 9.97 Å². The van der Waals surface area contributed by atoms with E-state index in [1.807, 2.05) is 32.0 Å². The Morgan fingerprint density at radius 3 is 2.52 bits per heavy atom. The predicted molar refractivity (Wildman–Crippen MR) is 98.7 cm³/mol. The number of halogens is 1. The summed E-state index contributed by atoms with van der Waals surface area (Å²) in [6, 6.07) is 7.43. The maximum atomic E-state index is 12.2. The Hall–Kier alpha value is -1.24. The standard InChI is InChI=1S/C16H18ClN3OS2/c1-4-22-14-6-5-12(17)8-13(14)20-15(21)9-23-16-18-10(2)7-11(3)19-16/h5-8H,4,9H2,1-3H3,(H,20,21). The monoisotopic (exact) mass is 367 g/mol. The lowest BCUT2D eigenvalue weighted by atomic mass is 10.3. The molecule has 2 rings (SSSR count). The van der Waals surface area contributed by atoms with Gasteiger partial charge in [-0.3, -0.25) is 4.79 Å². The highest BCUT2D eigenvalue weighted by molar-refractivity contribution is 8.00. The van der Waals surface area contributed by atoms with Gasteiger partial charge < -0.3 is 5.32 Å². The van der Waals surface area contributed by atoms with E-state index in [1.165, 1.54) is 11.8 Å². The van der Waals surface area contributed by atoms with E-state index in [-0.39, 0.29) is 11.7 Å². The third kappa shape index (κ3) is 5.71. The molecule has 0 saturated carbocycles. The second kappa shape index (κ2) is 8.57. The molecule has 1 aromatic heterocycles. The number of benzene rings is 1. The van der Waals surface area contributed by atoms with E-state index in [0.29, 0.717) is 10.2 Å². The van der Waals surface area contributed by atoms with Crippen molar-refractivity contribution in [2.45, 2.75) is 30.8 Å². The first-order chi connectivity index (χ1) is 11.0. The molecule has 23 heavy (non-hydrogen) atoms. The zero-order valence-corrected chi connectivity index (χ0v) is 15.6. The summed E-state index contributed by atoms with van der Waals surface area (Å²) in [7, 11) is 0. The number of anilines is 1. The number of thioether (sulfide) groups is 2. The molecule has 0 saturated heterocycles. The van der Waals surface area contributed by atoms with Crippen LogP contribution in [0.3, 0.4) is 0 Å². The van der Waals surface area contributed by atoms with Crippen molar-refractivity contribution in [3.63, 3.8) is 0 Å². The fraction of sp³-hybridized carbons (Fsp3) is 0.312. The summed E-state index contributed by atoms with van der Waals surface area (Å²) in [5, 5.41) is 4.14. The molecule has 0 spiro atoms. The van der Waals surface area contributed by atoms with Gasteiger partial charge >= 0.3 is 0 Å². The smallest absolute Gasteiger partial charge is 0.234 e. The Morgan fingerprint density at radius 1 is 1.17 bits per heavy atom. The first-order valence-electron chi connectivity index (χ1n) is 7.15. The average molecular weight is 368 g/mol. The summed E-state index contributed by atoms with van der Waals surface area (Å²) in [4.78, 5) is 21.8. The van der Waals surface area contributed by atoms with Crippen LogP contribution in [0.1, 0.15) is 18.3 Å².